The topological polar surface area (TPSA) is 16.1 Å². The van der Waals surface area contributed by atoms with Crippen LogP contribution in [0.3, 0.4) is 0 Å². The number of aromatic nitrogens is 1. The van der Waals surface area contributed by atoms with E-state index in [1.54, 1.807) is 0 Å². The average Bonchev–Trinajstić information content (AvgIpc) is 2.81. The number of rotatable bonds is 3. The van der Waals surface area contributed by atoms with Crippen molar-refractivity contribution in [3.63, 3.8) is 0 Å². The van der Waals surface area contributed by atoms with E-state index in [1.807, 2.05) is 6.20 Å². The lowest BCUT2D eigenvalue weighted by Gasteiger charge is -2.26. The lowest BCUT2D eigenvalue weighted by molar-refractivity contribution is 0.652. The molecule has 2 rings (SSSR count). The number of hydrogen-bond acceptors (Lipinski definition) is 2. The summed E-state index contributed by atoms with van der Waals surface area (Å²) in [4.78, 5) is 6.57. The van der Waals surface area contributed by atoms with Gasteiger partial charge in [-0.25, -0.2) is 0 Å². The van der Waals surface area contributed by atoms with Crippen LogP contribution in [0.2, 0.25) is 0 Å². The molecule has 82 valence electrons. The zero-order chi connectivity index (χ0) is 10.7. The highest BCUT2D eigenvalue weighted by molar-refractivity contribution is 6.16. The van der Waals surface area contributed by atoms with Gasteiger partial charge in [-0.15, -0.1) is 11.6 Å². The van der Waals surface area contributed by atoms with Gasteiger partial charge in [0.05, 0.1) is 11.6 Å². The standard InChI is InChI=1S/C12H17ClN2/c1-15(11-4-2-3-5-11)12-6-7-14-10(8-12)9-13/h6-8,11H,2-5,9H2,1H3. The van der Waals surface area contributed by atoms with Gasteiger partial charge in [0.25, 0.3) is 0 Å². The normalized spacial score (nSPS) is 16.9. The fourth-order valence-corrected chi connectivity index (χ4v) is 2.41. The average molecular weight is 225 g/mol. The maximum Gasteiger partial charge on any atom is 0.0648 e. The predicted molar refractivity (Wildman–Crippen MR) is 64.5 cm³/mol. The van der Waals surface area contributed by atoms with Gasteiger partial charge in [-0.1, -0.05) is 12.8 Å². The Balaban J connectivity index is 2.13. The van der Waals surface area contributed by atoms with E-state index >= 15 is 0 Å². The number of hydrogen-bond donors (Lipinski definition) is 0. The molecule has 3 heteroatoms. The molecular weight excluding hydrogens is 208 g/mol. The van der Waals surface area contributed by atoms with Gasteiger partial charge in [0.1, 0.15) is 0 Å². The third kappa shape index (κ3) is 2.43. The number of halogens is 1. The fraction of sp³-hybridized carbons (Fsp3) is 0.583. The molecule has 1 heterocycles. The van der Waals surface area contributed by atoms with Crippen LogP contribution in [0.1, 0.15) is 31.4 Å². The molecule has 2 nitrogen and oxygen atoms in total. The minimum atomic E-state index is 0.492. The van der Waals surface area contributed by atoms with E-state index in [1.165, 1.54) is 31.4 Å². The van der Waals surface area contributed by atoms with Crippen LogP contribution in [-0.4, -0.2) is 18.1 Å². The molecule has 0 aliphatic heterocycles. The third-order valence-corrected chi connectivity index (χ3v) is 3.49. The zero-order valence-corrected chi connectivity index (χ0v) is 9.87. The summed E-state index contributed by atoms with van der Waals surface area (Å²) in [5, 5.41) is 0. The lowest BCUT2D eigenvalue weighted by Crippen LogP contribution is -2.28. The highest BCUT2D eigenvalue weighted by Crippen LogP contribution is 2.26. The first-order valence-corrected chi connectivity index (χ1v) is 6.08. The smallest absolute Gasteiger partial charge is 0.0648 e. The van der Waals surface area contributed by atoms with Gasteiger partial charge < -0.3 is 4.90 Å². The molecule has 0 spiro atoms. The van der Waals surface area contributed by atoms with Crippen LogP contribution in [0.15, 0.2) is 18.3 Å². The quantitative estimate of drug-likeness (QED) is 0.733. The summed E-state index contributed by atoms with van der Waals surface area (Å²) < 4.78 is 0. The van der Waals surface area contributed by atoms with Crippen LogP contribution in [0.5, 0.6) is 0 Å². The van der Waals surface area contributed by atoms with Crippen LogP contribution in [-0.2, 0) is 5.88 Å². The van der Waals surface area contributed by atoms with Gasteiger partial charge in [-0.05, 0) is 25.0 Å². The van der Waals surface area contributed by atoms with Crippen LogP contribution in [0.4, 0.5) is 5.69 Å². The highest BCUT2D eigenvalue weighted by Gasteiger charge is 2.19. The number of nitrogens with zero attached hydrogens (tertiary/aromatic N) is 2. The Morgan fingerprint density at radius 3 is 2.87 bits per heavy atom. The Bertz CT molecular complexity index is 321. The second kappa shape index (κ2) is 4.84. The summed E-state index contributed by atoms with van der Waals surface area (Å²) in [6, 6.07) is 4.86. The molecule has 0 atom stereocenters. The SMILES string of the molecule is CN(c1ccnc(CCl)c1)C1CCCC1. The Kier molecular flexibility index (Phi) is 3.47. The van der Waals surface area contributed by atoms with E-state index in [-0.39, 0.29) is 0 Å². The van der Waals surface area contributed by atoms with E-state index in [4.69, 9.17) is 11.6 Å². The first-order chi connectivity index (χ1) is 7.31. The van der Waals surface area contributed by atoms with E-state index in [9.17, 15) is 0 Å². The van der Waals surface area contributed by atoms with E-state index < -0.39 is 0 Å². The Hall–Kier alpha value is -0.760. The number of anilines is 1. The molecule has 0 aromatic carbocycles. The lowest BCUT2D eigenvalue weighted by atomic mass is 10.2. The molecule has 1 aliphatic rings. The van der Waals surface area contributed by atoms with Crippen molar-refractivity contribution >= 4 is 17.3 Å². The first kappa shape index (κ1) is 10.7. The summed E-state index contributed by atoms with van der Waals surface area (Å²) in [5.74, 6) is 0.492. The van der Waals surface area contributed by atoms with Crippen LogP contribution in [0, 0.1) is 0 Å². The number of alkyl halides is 1. The number of pyridine rings is 1. The molecule has 1 aromatic rings. The molecule has 0 radical (unpaired) electrons. The molecule has 1 aliphatic carbocycles. The van der Waals surface area contributed by atoms with Crippen LogP contribution < -0.4 is 4.90 Å². The van der Waals surface area contributed by atoms with Crippen LogP contribution in [0.25, 0.3) is 0 Å². The minimum absolute atomic E-state index is 0.492. The van der Waals surface area contributed by atoms with Crippen molar-refractivity contribution in [3.05, 3.63) is 24.0 Å². The van der Waals surface area contributed by atoms with Crippen LogP contribution >= 0.6 is 11.6 Å². The molecule has 15 heavy (non-hydrogen) atoms. The predicted octanol–water partition coefficient (Wildman–Crippen LogP) is 3.20. The Morgan fingerprint density at radius 2 is 2.20 bits per heavy atom. The van der Waals surface area contributed by atoms with Crippen molar-refractivity contribution in [1.82, 2.24) is 4.98 Å². The zero-order valence-electron chi connectivity index (χ0n) is 9.12. The monoisotopic (exact) mass is 224 g/mol. The van der Waals surface area contributed by atoms with Gasteiger partial charge in [0.2, 0.25) is 0 Å². The molecule has 0 N–H and O–H groups in total. The molecule has 0 bridgehead atoms. The summed E-state index contributed by atoms with van der Waals surface area (Å²) >= 11 is 5.78. The van der Waals surface area contributed by atoms with Crippen molar-refractivity contribution in [3.8, 4) is 0 Å². The second-order valence-electron chi connectivity index (χ2n) is 4.19. The molecule has 1 fully saturated rings. The Morgan fingerprint density at radius 1 is 1.47 bits per heavy atom. The third-order valence-electron chi connectivity index (χ3n) is 3.22. The summed E-state index contributed by atoms with van der Waals surface area (Å²) in [7, 11) is 2.17. The summed E-state index contributed by atoms with van der Waals surface area (Å²) in [5.41, 5.74) is 2.20. The first-order valence-electron chi connectivity index (χ1n) is 5.55. The van der Waals surface area contributed by atoms with E-state index in [2.05, 4.69) is 29.1 Å². The minimum Gasteiger partial charge on any atom is -0.372 e. The Labute approximate surface area is 96.3 Å². The van der Waals surface area contributed by atoms with Gasteiger partial charge in [0.15, 0.2) is 0 Å². The van der Waals surface area contributed by atoms with Gasteiger partial charge >= 0.3 is 0 Å². The fourth-order valence-electron chi connectivity index (χ4n) is 2.26. The van der Waals surface area contributed by atoms with Crippen molar-refractivity contribution < 1.29 is 0 Å². The largest absolute Gasteiger partial charge is 0.372 e. The maximum absolute atomic E-state index is 5.78. The highest BCUT2D eigenvalue weighted by atomic mass is 35.5. The van der Waals surface area contributed by atoms with Gasteiger partial charge in [-0.2, -0.15) is 0 Å². The molecule has 0 amide bonds. The van der Waals surface area contributed by atoms with Gasteiger partial charge in [-0.3, -0.25) is 4.98 Å². The van der Waals surface area contributed by atoms with Crippen molar-refractivity contribution in [2.75, 3.05) is 11.9 Å². The summed E-state index contributed by atoms with van der Waals surface area (Å²) in [6.07, 6.45) is 7.20. The second-order valence-corrected chi connectivity index (χ2v) is 4.46. The van der Waals surface area contributed by atoms with E-state index in [0.717, 1.165) is 5.69 Å². The molecule has 0 saturated heterocycles. The van der Waals surface area contributed by atoms with Crippen molar-refractivity contribution in [2.45, 2.75) is 37.6 Å². The van der Waals surface area contributed by atoms with Gasteiger partial charge in [0, 0.05) is 25.0 Å². The molecular formula is C12H17ClN2. The van der Waals surface area contributed by atoms with E-state index in [0.29, 0.717) is 11.9 Å². The van der Waals surface area contributed by atoms with Crippen molar-refractivity contribution in [2.24, 2.45) is 0 Å². The molecule has 1 aromatic heterocycles. The molecule has 0 unspecified atom stereocenters. The van der Waals surface area contributed by atoms with Crippen molar-refractivity contribution in [1.29, 1.82) is 0 Å². The molecule has 1 saturated carbocycles. The summed E-state index contributed by atoms with van der Waals surface area (Å²) in [6.45, 7) is 0. The maximum atomic E-state index is 5.78.